The van der Waals surface area contributed by atoms with E-state index >= 15 is 0 Å². The second-order valence-corrected chi connectivity index (χ2v) is 8.95. The van der Waals surface area contributed by atoms with Crippen molar-refractivity contribution in [2.45, 2.75) is 31.6 Å². The van der Waals surface area contributed by atoms with Gasteiger partial charge < -0.3 is 25.4 Å². The summed E-state index contributed by atoms with van der Waals surface area (Å²) >= 11 is 0. The summed E-state index contributed by atoms with van der Waals surface area (Å²) in [6, 6.07) is 10.5. The number of hydrogen-bond acceptors (Lipinski definition) is 8. The number of nitrogens with one attached hydrogen (secondary N) is 2. The molecule has 2 fully saturated rings. The Morgan fingerprint density at radius 3 is 2.39 bits per heavy atom. The first-order valence-electron chi connectivity index (χ1n) is 12.0. The summed E-state index contributed by atoms with van der Waals surface area (Å²) in [7, 11) is 0. The smallest absolute Gasteiger partial charge is 0.323 e. The molecular weight excluding hydrogens is 460 g/mol. The van der Waals surface area contributed by atoms with E-state index < -0.39 is 0 Å². The summed E-state index contributed by atoms with van der Waals surface area (Å²) in [5.41, 5.74) is 2.79. The van der Waals surface area contributed by atoms with E-state index in [2.05, 4.69) is 25.6 Å². The number of aromatic nitrogens is 5. The lowest BCUT2D eigenvalue weighted by Crippen LogP contribution is -2.43. The highest BCUT2D eigenvalue weighted by Gasteiger charge is 2.35. The largest absolute Gasteiger partial charge is 0.394 e. The first kappa shape index (κ1) is 22.4. The molecule has 36 heavy (non-hydrogen) atoms. The van der Waals surface area contributed by atoms with Gasteiger partial charge in [0, 0.05) is 42.4 Å². The maximum atomic E-state index is 12.3. The summed E-state index contributed by atoms with van der Waals surface area (Å²) < 4.78 is 7.73. The Morgan fingerprint density at radius 2 is 1.69 bits per heavy atom. The molecule has 6 rings (SSSR count). The number of benzene rings is 1. The standard InChI is InChI=1S/C25H26N8O3/c34-12-11-33-24-21(13-27-33)23(32-14-19-5-6-20(15-32)36-19)30-22(31-24)16-1-3-17(4-2-16)28-25(35)29-18-7-9-26-10-8-18/h1-4,7-10,13,19-20,34H,5-6,11-12,14-15H2,(H2,26,28,29,35). The zero-order chi connectivity index (χ0) is 24.5. The lowest BCUT2D eigenvalue weighted by Gasteiger charge is -2.33. The van der Waals surface area contributed by atoms with E-state index in [1.54, 1.807) is 35.4 Å². The summed E-state index contributed by atoms with van der Waals surface area (Å²) in [6.07, 6.45) is 7.56. The van der Waals surface area contributed by atoms with Gasteiger partial charge in [-0.2, -0.15) is 5.10 Å². The fourth-order valence-electron chi connectivity index (χ4n) is 4.79. The number of urea groups is 1. The Balaban J connectivity index is 1.28. The number of aliphatic hydroxyl groups is 1. The van der Waals surface area contributed by atoms with Crippen molar-refractivity contribution < 1.29 is 14.6 Å². The number of carbonyl (C=O) groups is 1. The highest BCUT2D eigenvalue weighted by Crippen LogP contribution is 2.33. The molecule has 11 nitrogen and oxygen atoms in total. The van der Waals surface area contributed by atoms with E-state index in [-0.39, 0.29) is 24.8 Å². The lowest BCUT2D eigenvalue weighted by molar-refractivity contribution is 0.0303. The number of hydrogen-bond donors (Lipinski definition) is 3. The highest BCUT2D eigenvalue weighted by molar-refractivity contribution is 5.99. The molecular formula is C25H26N8O3. The zero-order valence-electron chi connectivity index (χ0n) is 19.5. The highest BCUT2D eigenvalue weighted by atomic mass is 16.5. The molecule has 3 aromatic heterocycles. The Hall–Kier alpha value is -4.09. The van der Waals surface area contributed by atoms with Gasteiger partial charge in [0.15, 0.2) is 11.5 Å². The minimum atomic E-state index is -0.344. The van der Waals surface area contributed by atoms with Crippen molar-refractivity contribution in [1.82, 2.24) is 24.7 Å². The van der Waals surface area contributed by atoms with Crippen LogP contribution in [-0.2, 0) is 11.3 Å². The van der Waals surface area contributed by atoms with Crippen LogP contribution in [0.2, 0.25) is 0 Å². The van der Waals surface area contributed by atoms with Gasteiger partial charge in [-0.05, 0) is 49.2 Å². The number of aliphatic hydroxyl groups excluding tert-OH is 1. The average molecular weight is 487 g/mol. The van der Waals surface area contributed by atoms with Crippen molar-refractivity contribution in [2.75, 3.05) is 35.2 Å². The zero-order valence-corrected chi connectivity index (χ0v) is 19.5. The van der Waals surface area contributed by atoms with Gasteiger partial charge in [-0.3, -0.25) is 4.98 Å². The van der Waals surface area contributed by atoms with Crippen molar-refractivity contribution >= 4 is 34.3 Å². The molecule has 0 saturated carbocycles. The van der Waals surface area contributed by atoms with Gasteiger partial charge in [0.25, 0.3) is 0 Å². The number of carbonyl (C=O) groups excluding carboxylic acids is 1. The molecule has 1 aromatic carbocycles. The Morgan fingerprint density at radius 1 is 1.00 bits per heavy atom. The van der Waals surface area contributed by atoms with Crippen LogP contribution in [0.1, 0.15) is 12.8 Å². The average Bonchev–Trinajstić information content (AvgIpc) is 3.46. The van der Waals surface area contributed by atoms with Crippen molar-refractivity contribution in [3.8, 4) is 11.4 Å². The van der Waals surface area contributed by atoms with Gasteiger partial charge in [0.05, 0.1) is 36.9 Å². The molecule has 3 N–H and O–H groups in total. The summed E-state index contributed by atoms with van der Waals surface area (Å²) in [6.45, 7) is 1.88. The minimum Gasteiger partial charge on any atom is -0.394 e. The van der Waals surface area contributed by atoms with Crippen LogP contribution in [-0.4, -0.2) is 67.8 Å². The fourth-order valence-corrected chi connectivity index (χ4v) is 4.79. The SMILES string of the molecule is O=C(Nc1ccncc1)Nc1ccc(-c2nc(N3CC4CCC(C3)O4)c3cnn(CCO)c3n2)cc1. The number of anilines is 3. The molecule has 2 aliphatic heterocycles. The number of morpholine rings is 1. The Labute approximate surface area is 207 Å². The molecule has 11 heteroatoms. The molecule has 2 bridgehead atoms. The van der Waals surface area contributed by atoms with Gasteiger partial charge in [-0.1, -0.05) is 0 Å². The van der Waals surface area contributed by atoms with Crippen molar-refractivity contribution in [3.05, 3.63) is 55.0 Å². The van der Waals surface area contributed by atoms with Gasteiger partial charge in [-0.25, -0.2) is 19.4 Å². The monoisotopic (exact) mass is 486 g/mol. The topological polar surface area (TPSA) is 130 Å². The van der Waals surface area contributed by atoms with Gasteiger partial charge >= 0.3 is 6.03 Å². The number of rotatable bonds is 6. The third-order valence-electron chi connectivity index (χ3n) is 6.47. The van der Waals surface area contributed by atoms with Crippen molar-refractivity contribution in [1.29, 1.82) is 0 Å². The summed E-state index contributed by atoms with van der Waals surface area (Å²) in [5.74, 6) is 1.39. The van der Waals surface area contributed by atoms with E-state index in [1.165, 1.54) is 0 Å². The van der Waals surface area contributed by atoms with E-state index in [0.29, 0.717) is 29.4 Å². The first-order chi connectivity index (χ1) is 17.7. The molecule has 184 valence electrons. The number of fused-ring (bicyclic) bond motifs is 3. The van der Waals surface area contributed by atoms with Crippen LogP contribution in [0.3, 0.4) is 0 Å². The van der Waals surface area contributed by atoms with Crippen LogP contribution in [0.5, 0.6) is 0 Å². The predicted molar refractivity (Wildman–Crippen MR) is 135 cm³/mol. The third kappa shape index (κ3) is 4.45. The van der Waals surface area contributed by atoms with Gasteiger partial charge in [-0.15, -0.1) is 0 Å². The second-order valence-electron chi connectivity index (χ2n) is 8.95. The van der Waals surface area contributed by atoms with E-state index in [0.717, 1.165) is 42.7 Å². The van der Waals surface area contributed by atoms with Crippen LogP contribution in [0.15, 0.2) is 55.0 Å². The van der Waals surface area contributed by atoms with E-state index in [4.69, 9.17) is 14.7 Å². The molecule has 0 radical (unpaired) electrons. The maximum Gasteiger partial charge on any atom is 0.323 e. The van der Waals surface area contributed by atoms with Crippen LogP contribution in [0, 0.1) is 0 Å². The van der Waals surface area contributed by atoms with E-state index in [1.807, 2.05) is 24.3 Å². The predicted octanol–water partition coefficient (Wildman–Crippen LogP) is 2.89. The van der Waals surface area contributed by atoms with Crippen molar-refractivity contribution in [2.24, 2.45) is 0 Å². The molecule has 4 aromatic rings. The number of amides is 2. The molecule has 0 spiro atoms. The fraction of sp³-hybridized carbons (Fsp3) is 0.320. The van der Waals surface area contributed by atoms with Crippen LogP contribution in [0.4, 0.5) is 22.0 Å². The molecule has 5 heterocycles. The number of pyridine rings is 1. The molecule has 2 aliphatic rings. The molecule has 2 amide bonds. The third-order valence-corrected chi connectivity index (χ3v) is 6.47. The quantitative estimate of drug-likeness (QED) is 0.379. The number of nitrogens with zero attached hydrogens (tertiary/aromatic N) is 6. The summed E-state index contributed by atoms with van der Waals surface area (Å²) in [5, 5.41) is 20.4. The van der Waals surface area contributed by atoms with Crippen LogP contribution < -0.4 is 15.5 Å². The molecule has 0 aliphatic carbocycles. The lowest BCUT2D eigenvalue weighted by atomic mass is 10.2. The van der Waals surface area contributed by atoms with Gasteiger partial charge in [0.2, 0.25) is 0 Å². The molecule has 2 unspecified atom stereocenters. The van der Waals surface area contributed by atoms with Crippen molar-refractivity contribution in [3.63, 3.8) is 0 Å². The van der Waals surface area contributed by atoms with Crippen LogP contribution >= 0.6 is 0 Å². The second kappa shape index (κ2) is 9.51. The van der Waals surface area contributed by atoms with E-state index in [9.17, 15) is 9.90 Å². The Kier molecular flexibility index (Phi) is 5.91. The number of ether oxygens (including phenoxy) is 1. The summed E-state index contributed by atoms with van der Waals surface area (Å²) in [4.78, 5) is 28.3. The molecule has 2 saturated heterocycles. The maximum absolute atomic E-state index is 12.3. The molecule has 2 atom stereocenters. The van der Waals surface area contributed by atoms with Crippen LogP contribution in [0.25, 0.3) is 22.4 Å². The van der Waals surface area contributed by atoms with Gasteiger partial charge in [0.1, 0.15) is 5.82 Å². The normalized spacial score (nSPS) is 19.0. The Bertz CT molecular complexity index is 1360. The first-order valence-corrected chi connectivity index (χ1v) is 12.0. The minimum absolute atomic E-state index is 0.0327.